The number of aromatic nitrogens is 4. The molecule has 5 heteroatoms. The molecule has 5 aromatic rings. The van der Waals surface area contributed by atoms with E-state index in [0.717, 1.165) is 33.2 Å². The van der Waals surface area contributed by atoms with Crippen molar-refractivity contribution in [2.75, 3.05) is 5.73 Å². The van der Waals surface area contributed by atoms with Gasteiger partial charge in [0.2, 0.25) is 0 Å². The molecule has 0 aliphatic rings. The molecule has 0 saturated heterocycles. The van der Waals surface area contributed by atoms with Crippen LogP contribution < -0.4 is 5.73 Å². The van der Waals surface area contributed by atoms with Crippen LogP contribution in [0.4, 0.5) is 5.82 Å². The van der Waals surface area contributed by atoms with E-state index < -0.39 is 0 Å². The van der Waals surface area contributed by atoms with Crippen molar-refractivity contribution in [3.8, 4) is 11.3 Å². The summed E-state index contributed by atoms with van der Waals surface area (Å²) in [6, 6.07) is 24.9. The number of rotatable bonds is 3. The van der Waals surface area contributed by atoms with Gasteiger partial charge in [-0.2, -0.15) is 5.10 Å². The molecule has 0 bridgehead atoms. The van der Waals surface area contributed by atoms with Crippen LogP contribution >= 0.6 is 0 Å². The van der Waals surface area contributed by atoms with E-state index in [9.17, 15) is 0 Å². The van der Waals surface area contributed by atoms with Gasteiger partial charge in [-0.25, -0.2) is 14.6 Å². The topological polar surface area (TPSA) is 69.6 Å². The largest absolute Gasteiger partial charge is 0.383 e. The summed E-state index contributed by atoms with van der Waals surface area (Å²) in [5.41, 5.74) is 9.97. The fourth-order valence-electron chi connectivity index (χ4n) is 3.68. The van der Waals surface area contributed by atoms with Crippen molar-refractivity contribution in [3.05, 3.63) is 84.7 Å². The normalized spacial score (nSPS) is 12.5. The van der Waals surface area contributed by atoms with Crippen LogP contribution in [0.5, 0.6) is 0 Å². The van der Waals surface area contributed by atoms with Crippen LogP contribution in [-0.4, -0.2) is 19.7 Å². The highest BCUT2D eigenvalue weighted by Gasteiger charge is 2.20. The molecule has 0 aliphatic heterocycles. The zero-order valence-corrected chi connectivity index (χ0v) is 15.4. The third kappa shape index (κ3) is 2.60. The summed E-state index contributed by atoms with van der Waals surface area (Å²) in [5, 5.41) is 8.08. The van der Waals surface area contributed by atoms with Gasteiger partial charge < -0.3 is 5.73 Å². The highest BCUT2D eigenvalue weighted by Crippen LogP contribution is 2.34. The second-order valence-corrected chi connectivity index (χ2v) is 6.90. The number of nitrogen functional groups attached to an aromatic ring is 1. The highest BCUT2D eigenvalue weighted by atomic mass is 15.3. The lowest BCUT2D eigenvalue weighted by Gasteiger charge is -2.13. The predicted molar refractivity (Wildman–Crippen MR) is 113 cm³/mol. The molecule has 0 aliphatic carbocycles. The van der Waals surface area contributed by atoms with Crippen molar-refractivity contribution in [3.63, 3.8) is 0 Å². The SMILES string of the molecule is CC(c1ccccc1)n1nc(-c2ccc3ccccc3c2)c2c(N)ncnc21. The van der Waals surface area contributed by atoms with E-state index in [-0.39, 0.29) is 6.04 Å². The Morgan fingerprint density at radius 2 is 1.61 bits per heavy atom. The maximum Gasteiger partial charge on any atom is 0.164 e. The van der Waals surface area contributed by atoms with Gasteiger partial charge in [0.1, 0.15) is 17.8 Å². The maximum absolute atomic E-state index is 6.25. The molecule has 1 unspecified atom stereocenters. The van der Waals surface area contributed by atoms with Crippen LogP contribution in [0.25, 0.3) is 33.1 Å². The Kier molecular flexibility index (Phi) is 3.79. The molecule has 0 amide bonds. The summed E-state index contributed by atoms with van der Waals surface area (Å²) < 4.78 is 1.94. The molecule has 28 heavy (non-hydrogen) atoms. The van der Waals surface area contributed by atoms with Gasteiger partial charge in [-0.05, 0) is 29.3 Å². The van der Waals surface area contributed by atoms with Crippen molar-refractivity contribution in [1.29, 1.82) is 0 Å². The molecular formula is C23H19N5. The van der Waals surface area contributed by atoms with E-state index in [4.69, 9.17) is 10.8 Å². The molecule has 5 rings (SSSR count). The first-order chi connectivity index (χ1) is 13.7. The molecule has 0 spiro atoms. The Morgan fingerprint density at radius 1 is 0.857 bits per heavy atom. The molecule has 1 atom stereocenters. The summed E-state index contributed by atoms with van der Waals surface area (Å²) in [5.74, 6) is 0.444. The minimum atomic E-state index is 0.0206. The second kappa shape index (κ2) is 6.46. The zero-order valence-electron chi connectivity index (χ0n) is 15.4. The van der Waals surface area contributed by atoms with Crippen LogP contribution in [0.1, 0.15) is 18.5 Å². The van der Waals surface area contributed by atoms with Gasteiger partial charge in [0.15, 0.2) is 5.65 Å². The van der Waals surface area contributed by atoms with Gasteiger partial charge in [-0.3, -0.25) is 0 Å². The van der Waals surface area contributed by atoms with Gasteiger partial charge in [0.25, 0.3) is 0 Å². The summed E-state index contributed by atoms with van der Waals surface area (Å²) in [6.45, 7) is 2.12. The van der Waals surface area contributed by atoms with E-state index in [1.54, 1.807) is 0 Å². The lowest BCUT2D eigenvalue weighted by Crippen LogP contribution is -2.09. The summed E-state index contributed by atoms with van der Waals surface area (Å²) in [4.78, 5) is 8.72. The standard InChI is InChI=1S/C23H19N5/c1-15(16-7-3-2-4-8-16)28-23-20(22(24)25-14-26-23)21(27-28)19-12-11-17-9-5-6-10-18(17)13-19/h2-15H,1H3,(H2,24,25,26). The number of hydrogen-bond acceptors (Lipinski definition) is 4. The van der Waals surface area contributed by atoms with E-state index >= 15 is 0 Å². The van der Waals surface area contributed by atoms with Crippen LogP contribution in [0.3, 0.4) is 0 Å². The minimum absolute atomic E-state index is 0.0206. The van der Waals surface area contributed by atoms with E-state index in [1.807, 2.05) is 35.0 Å². The average Bonchev–Trinajstić information content (AvgIpc) is 3.14. The lowest BCUT2D eigenvalue weighted by molar-refractivity contribution is 0.581. The third-order valence-corrected chi connectivity index (χ3v) is 5.19. The van der Waals surface area contributed by atoms with Crippen molar-refractivity contribution in [2.24, 2.45) is 0 Å². The minimum Gasteiger partial charge on any atom is -0.383 e. The Morgan fingerprint density at radius 3 is 2.43 bits per heavy atom. The van der Waals surface area contributed by atoms with Crippen molar-refractivity contribution >= 4 is 27.6 Å². The van der Waals surface area contributed by atoms with Gasteiger partial charge >= 0.3 is 0 Å². The molecule has 0 saturated carbocycles. The second-order valence-electron chi connectivity index (χ2n) is 6.90. The first kappa shape index (κ1) is 16.4. The molecule has 2 N–H and O–H groups in total. The van der Waals surface area contributed by atoms with Crippen LogP contribution in [0.2, 0.25) is 0 Å². The summed E-state index contributed by atoms with van der Waals surface area (Å²) >= 11 is 0. The average molecular weight is 365 g/mol. The molecule has 136 valence electrons. The molecule has 0 fully saturated rings. The fraction of sp³-hybridized carbons (Fsp3) is 0.0870. The first-order valence-electron chi connectivity index (χ1n) is 9.25. The summed E-state index contributed by atoms with van der Waals surface area (Å²) in [6.07, 6.45) is 1.50. The quantitative estimate of drug-likeness (QED) is 0.497. The Bertz CT molecular complexity index is 1290. The smallest absolute Gasteiger partial charge is 0.164 e. The zero-order chi connectivity index (χ0) is 19.1. The number of benzene rings is 3. The monoisotopic (exact) mass is 365 g/mol. The van der Waals surface area contributed by atoms with Crippen molar-refractivity contribution in [2.45, 2.75) is 13.0 Å². The molecule has 5 nitrogen and oxygen atoms in total. The van der Waals surface area contributed by atoms with Crippen molar-refractivity contribution < 1.29 is 0 Å². The first-order valence-corrected chi connectivity index (χ1v) is 9.25. The van der Waals surface area contributed by atoms with Gasteiger partial charge in [0.05, 0.1) is 11.4 Å². The third-order valence-electron chi connectivity index (χ3n) is 5.19. The Balaban J connectivity index is 1.75. The van der Waals surface area contributed by atoms with E-state index in [1.165, 1.54) is 11.7 Å². The van der Waals surface area contributed by atoms with Crippen molar-refractivity contribution in [1.82, 2.24) is 19.7 Å². The van der Waals surface area contributed by atoms with Gasteiger partial charge in [0, 0.05) is 5.56 Å². The fourth-order valence-corrected chi connectivity index (χ4v) is 3.68. The number of fused-ring (bicyclic) bond motifs is 2. The lowest BCUT2D eigenvalue weighted by atomic mass is 10.0. The highest BCUT2D eigenvalue weighted by molar-refractivity contribution is 6.00. The van der Waals surface area contributed by atoms with E-state index in [0.29, 0.717) is 5.82 Å². The summed E-state index contributed by atoms with van der Waals surface area (Å²) in [7, 11) is 0. The van der Waals surface area contributed by atoms with Gasteiger partial charge in [-0.15, -0.1) is 0 Å². The molecule has 3 aromatic carbocycles. The van der Waals surface area contributed by atoms with E-state index in [2.05, 4.69) is 59.4 Å². The number of nitrogens with two attached hydrogens (primary N) is 1. The van der Waals surface area contributed by atoms with Crippen LogP contribution in [0, 0.1) is 0 Å². The molecule has 2 heterocycles. The molecule has 0 radical (unpaired) electrons. The Labute approximate surface area is 162 Å². The number of hydrogen-bond donors (Lipinski definition) is 1. The number of anilines is 1. The predicted octanol–water partition coefficient (Wildman–Crippen LogP) is 4.84. The maximum atomic E-state index is 6.25. The van der Waals surface area contributed by atoms with Gasteiger partial charge in [-0.1, -0.05) is 66.7 Å². The number of nitrogens with zero attached hydrogens (tertiary/aromatic N) is 4. The van der Waals surface area contributed by atoms with Crippen LogP contribution in [0.15, 0.2) is 79.1 Å². The Hall–Kier alpha value is -3.73. The van der Waals surface area contributed by atoms with Crippen LogP contribution in [-0.2, 0) is 0 Å². The molecule has 2 aromatic heterocycles. The molecular weight excluding hydrogens is 346 g/mol.